The summed E-state index contributed by atoms with van der Waals surface area (Å²) in [6.07, 6.45) is -1.51. The number of anilines is 3. The predicted octanol–water partition coefficient (Wildman–Crippen LogP) is 6.63. The highest BCUT2D eigenvalue weighted by atomic mass is 19.4. The summed E-state index contributed by atoms with van der Waals surface area (Å²) in [6.45, 7) is 2.83. The number of morpholine rings is 1. The van der Waals surface area contributed by atoms with Gasteiger partial charge in [0.15, 0.2) is 5.78 Å². The monoisotopic (exact) mass is 546 g/mol. The molecule has 0 aliphatic carbocycles. The SMILES string of the molecule is O=C(Nc1ccc(C(=O)/C=C/c2cc(N3CCOCC3)c3ccccc3n2)cc1)Nc1ccccc1C(F)(F)F. The number of nitrogens with zero attached hydrogens (tertiary/aromatic N) is 2. The minimum absolute atomic E-state index is 0.266. The summed E-state index contributed by atoms with van der Waals surface area (Å²) in [7, 11) is 0. The van der Waals surface area contributed by atoms with Crippen LogP contribution in [-0.2, 0) is 10.9 Å². The lowest BCUT2D eigenvalue weighted by molar-refractivity contribution is -0.136. The van der Waals surface area contributed by atoms with E-state index < -0.39 is 17.8 Å². The van der Waals surface area contributed by atoms with E-state index in [1.54, 1.807) is 6.08 Å². The Kier molecular flexibility index (Phi) is 7.79. The van der Waals surface area contributed by atoms with Crippen molar-refractivity contribution in [2.75, 3.05) is 41.8 Å². The molecule has 7 nitrogen and oxygen atoms in total. The van der Waals surface area contributed by atoms with E-state index in [-0.39, 0.29) is 11.5 Å². The molecule has 1 aromatic heterocycles. The van der Waals surface area contributed by atoms with Crippen molar-refractivity contribution in [1.82, 2.24) is 4.98 Å². The second kappa shape index (κ2) is 11.6. The Morgan fingerprint density at radius 1 is 0.900 bits per heavy atom. The number of aromatic nitrogens is 1. The van der Waals surface area contributed by atoms with Crippen LogP contribution in [0.3, 0.4) is 0 Å². The average Bonchev–Trinajstić information content (AvgIpc) is 2.96. The third-order valence-electron chi connectivity index (χ3n) is 6.38. The van der Waals surface area contributed by atoms with Gasteiger partial charge in [0.25, 0.3) is 0 Å². The molecule has 0 saturated carbocycles. The van der Waals surface area contributed by atoms with Gasteiger partial charge in [-0.3, -0.25) is 4.79 Å². The molecular weight excluding hydrogens is 521 g/mol. The number of hydrogen-bond donors (Lipinski definition) is 2. The zero-order chi connectivity index (χ0) is 28.1. The molecule has 2 amide bonds. The van der Waals surface area contributed by atoms with Crippen LogP contribution in [0, 0.1) is 0 Å². The lowest BCUT2D eigenvalue weighted by Gasteiger charge is -2.30. The van der Waals surface area contributed by atoms with Crippen molar-refractivity contribution in [3.05, 3.63) is 102 Å². The van der Waals surface area contributed by atoms with Crippen molar-refractivity contribution in [2.24, 2.45) is 0 Å². The number of hydrogen-bond acceptors (Lipinski definition) is 5. The first kappa shape index (κ1) is 26.9. The van der Waals surface area contributed by atoms with Gasteiger partial charge >= 0.3 is 12.2 Å². The number of para-hydroxylation sites is 2. The Balaban J connectivity index is 1.26. The second-order valence-electron chi connectivity index (χ2n) is 9.08. The van der Waals surface area contributed by atoms with Gasteiger partial charge in [0.2, 0.25) is 0 Å². The normalized spacial score (nSPS) is 13.9. The number of ketones is 1. The van der Waals surface area contributed by atoms with Crippen molar-refractivity contribution in [3.8, 4) is 0 Å². The molecule has 2 N–H and O–H groups in total. The molecule has 5 rings (SSSR count). The smallest absolute Gasteiger partial charge is 0.378 e. The van der Waals surface area contributed by atoms with Gasteiger partial charge in [0.05, 0.1) is 35.7 Å². The fourth-order valence-corrected chi connectivity index (χ4v) is 4.43. The third-order valence-corrected chi connectivity index (χ3v) is 6.38. The van der Waals surface area contributed by atoms with E-state index in [0.717, 1.165) is 35.7 Å². The number of urea groups is 1. The lowest BCUT2D eigenvalue weighted by Crippen LogP contribution is -2.36. The van der Waals surface area contributed by atoms with E-state index in [9.17, 15) is 22.8 Å². The van der Waals surface area contributed by atoms with Crippen LogP contribution in [0.2, 0.25) is 0 Å². The van der Waals surface area contributed by atoms with Crippen LogP contribution < -0.4 is 15.5 Å². The molecule has 0 radical (unpaired) electrons. The number of nitrogens with one attached hydrogen (secondary N) is 2. The Hall–Kier alpha value is -4.70. The van der Waals surface area contributed by atoms with Gasteiger partial charge in [-0.2, -0.15) is 13.2 Å². The third kappa shape index (κ3) is 6.29. The summed E-state index contributed by atoms with van der Waals surface area (Å²) in [5, 5.41) is 5.72. The topological polar surface area (TPSA) is 83.6 Å². The van der Waals surface area contributed by atoms with Crippen LogP contribution in [-0.4, -0.2) is 43.1 Å². The van der Waals surface area contributed by atoms with E-state index in [1.807, 2.05) is 30.3 Å². The molecule has 1 saturated heterocycles. The van der Waals surface area contributed by atoms with Crippen LogP contribution in [0.5, 0.6) is 0 Å². The number of alkyl halides is 3. The number of amides is 2. The quantitative estimate of drug-likeness (QED) is 0.210. The molecule has 10 heteroatoms. The Labute approximate surface area is 228 Å². The highest BCUT2D eigenvalue weighted by molar-refractivity contribution is 6.07. The predicted molar refractivity (Wildman–Crippen MR) is 149 cm³/mol. The van der Waals surface area contributed by atoms with Crippen molar-refractivity contribution in [1.29, 1.82) is 0 Å². The standard InChI is InChI=1S/C30H25F3N4O3/c31-30(32,33)24-6-2-4-8-26(24)36-29(39)35-21-11-9-20(10-12-21)28(38)14-13-22-19-27(37-15-17-40-18-16-37)23-5-1-3-7-25(23)34-22/h1-14,19H,15-18H2,(H2,35,36,39)/b14-13+. The largest absolute Gasteiger partial charge is 0.418 e. The number of rotatable bonds is 6. The van der Waals surface area contributed by atoms with Crippen LogP contribution in [0.1, 0.15) is 21.6 Å². The van der Waals surface area contributed by atoms with Crippen molar-refractivity contribution >= 4 is 45.9 Å². The minimum atomic E-state index is -4.61. The van der Waals surface area contributed by atoms with Gasteiger partial charge in [-0.05, 0) is 60.7 Å². The maximum absolute atomic E-state index is 13.2. The average molecular weight is 547 g/mol. The number of benzene rings is 3. The highest BCUT2D eigenvalue weighted by Gasteiger charge is 2.33. The molecule has 0 spiro atoms. The van der Waals surface area contributed by atoms with Crippen molar-refractivity contribution < 1.29 is 27.5 Å². The van der Waals surface area contributed by atoms with Crippen LogP contribution in [0.4, 0.5) is 35.0 Å². The number of pyridine rings is 1. The van der Waals surface area contributed by atoms with E-state index in [4.69, 9.17) is 4.74 Å². The molecule has 1 aliphatic rings. The molecule has 1 aliphatic heterocycles. The Morgan fingerprint density at radius 3 is 2.35 bits per heavy atom. The number of carbonyl (C=O) groups is 2. The number of halogens is 3. The fourth-order valence-electron chi connectivity index (χ4n) is 4.43. The molecule has 0 unspecified atom stereocenters. The first-order chi connectivity index (χ1) is 19.3. The minimum Gasteiger partial charge on any atom is -0.378 e. The van der Waals surface area contributed by atoms with Gasteiger partial charge < -0.3 is 20.3 Å². The maximum atomic E-state index is 13.2. The maximum Gasteiger partial charge on any atom is 0.418 e. The van der Waals surface area contributed by atoms with Crippen LogP contribution >= 0.6 is 0 Å². The molecule has 2 heterocycles. The molecule has 4 aromatic rings. The zero-order valence-electron chi connectivity index (χ0n) is 21.2. The lowest BCUT2D eigenvalue weighted by atomic mass is 10.1. The molecule has 204 valence electrons. The number of fused-ring (bicyclic) bond motifs is 1. The Morgan fingerprint density at radius 2 is 1.60 bits per heavy atom. The zero-order valence-corrected chi connectivity index (χ0v) is 21.2. The summed E-state index contributed by atoms with van der Waals surface area (Å²) in [5.41, 5.74) is 1.88. The molecule has 1 fully saturated rings. The molecule has 40 heavy (non-hydrogen) atoms. The first-order valence-corrected chi connectivity index (χ1v) is 12.6. The first-order valence-electron chi connectivity index (χ1n) is 12.6. The number of allylic oxidation sites excluding steroid dienone is 1. The summed E-state index contributed by atoms with van der Waals surface area (Å²) in [5.74, 6) is -0.266. The molecule has 0 bridgehead atoms. The van der Waals surface area contributed by atoms with Gasteiger partial charge in [0, 0.05) is 35.4 Å². The van der Waals surface area contributed by atoms with Gasteiger partial charge in [-0.15, -0.1) is 0 Å². The Bertz CT molecular complexity index is 1560. The van der Waals surface area contributed by atoms with E-state index in [0.29, 0.717) is 30.2 Å². The van der Waals surface area contributed by atoms with E-state index >= 15 is 0 Å². The van der Waals surface area contributed by atoms with Gasteiger partial charge in [-0.1, -0.05) is 30.3 Å². The number of ether oxygens (including phenoxy) is 1. The molecule has 3 aromatic carbocycles. The summed E-state index contributed by atoms with van der Waals surface area (Å²) in [4.78, 5) is 32.0. The fraction of sp³-hybridized carbons (Fsp3) is 0.167. The van der Waals surface area contributed by atoms with E-state index in [2.05, 4.69) is 20.5 Å². The van der Waals surface area contributed by atoms with Crippen molar-refractivity contribution in [3.63, 3.8) is 0 Å². The van der Waals surface area contributed by atoms with E-state index in [1.165, 1.54) is 48.5 Å². The second-order valence-corrected chi connectivity index (χ2v) is 9.08. The van der Waals surface area contributed by atoms with Gasteiger partial charge in [0.1, 0.15) is 0 Å². The van der Waals surface area contributed by atoms with Crippen LogP contribution in [0.25, 0.3) is 17.0 Å². The number of carbonyl (C=O) groups excluding carboxylic acids is 2. The molecule has 0 atom stereocenters. The summed E-state index contributed by atoms with van der Waals surface area (Å²) >= 11 is 0. The summed E-state index contributed by atoms with van der Waals surface area (Å²) < 4.78 is 45.0. The summed E-state index contributed by atoms with van der Waals surface area (Å²) in [6, 6.07) is 19.7. The van der Waals surface area contributed by atoms with Gasteiger partial charge in [-0.25, -0.2) is 9.78 Å². The highest BCUT2D eigenvalue weighted by Crippen LogP contribution is 2.34. The van der Waals surface area contributed by atoms with Crippen molar-refractivity contribution in [2.45, 2.75) is 6.18 Å². The molecular formula is C30H25F3N4O3. The van der Waals surface area contributed by atoms with Crippen LogP contribution in [0.15, 0.2) is 84.9 Å².